The molecule has 2 aliphatic heterocycles. The summed E-state index contributed by atoms with van der Waals surface area (Å²) in [6.07, 6.45) is 0.687. The van der Waals surface area contributed by atoms with E-state index in [-0.39, 0.29) is 24.6 Å². The van der Waals surface area contributed by atoms with Gasteiger partial charge in [0.15, 0.2) is 0 Å². The van der Waals surface area contributed by atoms with Gasteiger partial charge >= 0.3 is 0 Å². The largest absolute Gasteiger partial charge is 0.496 e. The first kappa shape index (κ1) is 21.9. The molecule has 2 heterocycles. The van der Waals surface area contributed by atoms with Gasteiger partial charge in [-0.1, -0.05) is 36.4 Å². The van der Waals surface area contributed by atoms with Gasteiger partial charge in [0.2, 0.25) is 10.0 Å². The van der Waals surface area contributed by atoms with E-state index in [1.54, 1.807) is 29.6 Å². The highest BCUT2D eigenvalue weighted by molar-refractivity contribution is 7.89. The maximum Gasteiger partial charge on any atom is 0.243 e. The zero-order valence-corrected chi connectivity index (χ0v) is 19.5. The van der Waals surface area contributed by atoms with E-state index in [2.05, 4.69) is 11.4 Å². The fraction of sp³-hybridized carbons (Fsp3) is 0.308. The Kier molecular flexibility index (Phi) is 5.64. The Morgan fingerprint density at radius 2 is 1.91 bits per heavy atom. The van der Waals surface area contributed by atoms with Gasteiger partial charge in [-0.3, -0.25) is 0 Å². The number of hydrogen-bond donors (Lipinski definition) is 2. The summed E-state index contributed by atoms with van der Waals surface area (Å²) >= 11 is 0. The Balaban J connectivity index is 1.63. The lowest BCUT2D eigenvalue weighted by atomic mass is 9.82. The van der Waals surface area contributed by atoms with Crippen molar-refractivity contribution in [2.24, 2.45) is 5.92 Å². The second-order valence-corrected chi connectivity index (χ2v) is 10.7. The van der Waals surface area contributed by atoms with Crippen molar-refractivity contribution in [2.45, 2.75) is 30.3 Å². The Morgan fingerprint density at radius 3 is 2.67 bits per heavy atom. The SMILES string of the molecule is COc1ccccc1-c1ccc2c(c1)[C@H]1[C@H](CCN1S(=O)(=O)c1cccc(C)c1)[C@H](CO)N2. The predicted molar refractivity (Wildman–Crippen MR) is 129 cm³/mol. The number of nitrogens with zero attached hydrogens (tertiary/aromatic N) is 1. The van der Waals surface area contributed by atoms with E-state index >= 15 is 0 Å². The number of fused-ring (bicyclic) bond motifs is 3. The lowest BCUT2D eigenvalue weighted by Crippen LogP contribution is -2.42. The van der Waals surface area contributed by atoms with Crippen molar-refractivity contribution in [3.63, 3.8) is 0 Å². The molecule has 7 heteroatoms. The Labute approximate surface area is 194 Å². The molecular formula is C26H28N2O4S. The van der Waals surface area contributed by atoms with Gasteiger partial charge in [-0.2, -0.15) is 4.31 Å². The number of ether oxygens (including phenoxy) is 1. The number of nitrogens with one attached hydrogen (secondary N) is 1. The number of rotatable bonds is 5. The quantitative estimate of drug-likeness (QED) is 0.591. The third kappa shape index (κ3) is 3.70. The number of benzene rings is 3. The van der Waals surface area contributed by atoms with Crippen LogP contribution in [0.2, 0.25) is 0 Å². The first-order chi connectivity index (χ1) is 15.9. The molecule has 0 amide bonds. The zero-order valence-electron chi connectivity index (χ0n) is 18.7. The van der Waals surface area contributed by atoms with Crippen molar-refractivity contribution in [3.8, 4) is 16.9 Å². The summed E-state index contributed by atoms with van der Waals surface area (Å²) in [5, 5.41) is 13.5. The van der Waals surface area contributed by atoms with Gasteiger partial charge in [0, 0.05) is 23.7 Å². The molecule has 5 rings (SSSR count). The van der Waals surface area contributed by atoms with Crippen LogP contribution < -0.4 is 10.1 Å². The van der Waals surface area contributed by atoms with Crippen LogP contribution >= 0.6 is 0 Å². The first-order valence-electron chi connectivity index (χ1n) is 11.2. The lowest BCUT2D eigenvalue weighted by molar-refractivity contribution is 0.210. The maximum absolute atomic E-state index is 13.7. The summed E-state index contributed by atoms with van der Waals surface area (Å²) in [6.45, 7) is 2.27. The highest BCUT2D eigenvalue weighted by Gasteiger charge is 2.48. The molecule has 0 aliphatic carbocycles. The highest BCUT2D eigenvalue weighted by Crippen LogP contribution is 2.49. The number of aliphatic hydroxyl groups excluding tert-OH is 1. The van der Waals surface area contributed by atoms with Crippen LogP contribution in [0.4, 0.5) is 5.69 Å². The van der Waals surface area contributed by atoms with Gasteiger partial charge in [-0.25, -0.2) is 8.42 Å². The predicted octanol–water partition coefficient (Wildman–Crippen LogP) is 4.21. The molecule has 3 aromatic rings. The molecule has 2 N–H and O–H groups in total. The number of methoxy groups -OCH3 is 1. The molecule has 3 atom stereocenters. The number of anilines is 1. The Morgan fingerprint density at radius 1 is 1.09 bits per heavy atom. The molecule has 33 heavy (non-hydrogen) atoms. The average molecular weight is 465 g/mol. The lowest BCUT2D eigenvalue weighted by Gasteiger charge is -2.39. The molecule has 0 radical (unpaired) electrons. The zero-order chi connectivity index (χ0) is 23.2. The summed E-state index contributed by atoms with van der Waals surface area (Å²) in [5.41, 5.74) is 4.62. The summed E-state index contributed by atoms with van der Waals surface area (Å²) in [6, 6.07) is 20.4. The number of para-hydroxylation sites is 1. The summed E-state index contributed by atoms with van der Waals surface area (Å²) < 4.78 is 34.6. The van der Waals surface area contributed by atoms with Crippen LogP contribution in [0.3, 0.4) is 0 Å². The first-order valence-corrected chi connectivity index (χ1v) is 12.6. The molecule has 0 aromatic heterocycles. The van der Waals surface area contributed by atoms with Crippen LogP contribution in [0.25, 0.3) is 11.1 Å². The van der Waals surface area contributed by atoms with Crippen molar-refractivity contribution in [1.29, 1.82) is 0 Å². The summed E-state index contributed by atoms with van der Waals surface area (Å²) in [7, 11) is -2.05. The van der Waals surface area contributed by atoms with E-state index in [1.807, 2.05) is 49.4 Å². The minimum Gasteiger partial charge on any atom is -0.496 e. The Hall–Kier alpha value is -2.87. The number of hydrogen-bond acceptors (Lipinski definition) is 5. The highest BCUT2D eigenvalue weighted by atomic mass is 32.2. The summed E-state index contributed by atoms with van der Waals surface area (Å²) in [5.74, 6) is 0.747. The minimum atomic E-state index is -3.70. The summed E-state index contributed by atoms with van der Waals surface area (Å²) in [4.78, 5) is 0.310. The number of sulfonamides is 1. The van der Waals surface area contributed by atoms with E-state index in [0.29, 0.717) is 17.9 Å². The van der Waals surface area contributed by atoms with E-state index in [1.165, 1.54) is 0 Å². The fourth-order valence-electron chi connectivity index (χ4n) is 5.25. The molecule has 172 valence electrons. The molecule has 6 nitrogen and oxygen atoms in total. The Bertz CT molecular complexity index is 1290. The van der Waals surface area contributed by atoms with Crippen LogP contribution in [-0.2, 0) is 10.0 Å². The van der Waals surface area contributed by atoms with Crippen LogP contribution in [0.15, 0.2) is 71.6 Å². The van der Waals surface area contributed by atoms with Crippen molar-refractivity contribution >= 4 is 15.7 Å². The van der Waals surface area contributed by atoms with Gasteiger partial charge in [-0.05, 0) is 60.4 Å². The van der Waals surface area contributed by atoms with Crippen LogP contribution in [0.1, 0.15) is 23.6 Å². The van der Waals surface area contributed by atoms with E-state index in [0.717, 1.165) is 33.7 Å². The molecule has 1 fully saturated rings. The van der Waals surface area contributed by atoms with Gasteiger partial charge in [0.1, 0.15) is 5.75 Å². The molecule has 2 aliphatic rings. The fourth-order valence-corrected chi connectivity index (χ4v) is 7.02. The topological polar surface area (TPSA) is 78.9 Å². The van der Waals surface area contributed by atoms with Crippen molar-refractivity contribution in [2.75, 3.05) is 25.6 Å². The van der Waals surface area contributed by atoms with E-state index in [9.17, 15) is 13.5 Å². The van der Waals surface area contributed by atoms with Gasteiger partial charge in [0.05, 0.1) is 30.7 Å². The van der Waals surface area contributed by atoms with E-state index in [4.69, 9.17) is 4.74 Å². The van der Waals surface area contributed by atoms with Crippen LogP contribution in [0, 0.1) is 12.8 Å². The van der Waals surface area contributed by atoms with Crippen molar-refractivity contribution in [1.82, 2.24) is 4.31 Å². The molecule has 0 spiro atoms. The van der Waals surface area contributed by atoms with Crippen LogP contribution in [-0.4, -0.2) is 44.1 Å². The molecule has 0 unspecified atom stereocenters. The van der Waals surface area contributed by atoms with E-state index < -0.39 is 10.0 Å². The monoisotopic (exact) mass is 464 g/mol. The van der Waals surface area contributed by atoms with Gasteiger partial charge in [0.25, 0.3) is 0 Å². The molecular weight excluding hydrogens is 436 g/mol. The third-order valence-corrected chi connectivity index (χ3v) is 8.71. The van der Waals surface area contributed by atoms with Gasteiger partial charge < -0.3 is 15.2 Å². The standard InChI is InChI=1S/C26H28N2O4S/c1-17-6-5-7-19(14-17)33(30,31)28-13-12-21-24(16-29)27-23-11-10-18(15-22(23)26(21)28)20-8-3-4-9-25(20)32-2/h3-11,14-15,21,24,26-27,29H,12-13,16H2,1-2H3/t21-,24+,26-/m1/s1. The number of aryl methyl sites for hydroxylation is 1. The molecule has 1 saturated heterocycles. The second-order valence-electron chi connectivity index (χ2n) is 8.77. The second kappa shape index (κ2) is 8.48. The normalized spacial score (nSPS) is 22.3. The molecule has 0 bridgehead atoms. The molecule has 3 aromatic carbocycles. The minimum absolute atomic E-state index is 0.0185. The molecule has 0 saturated carbocycles. The van der Waals surface area contributed by atoms with Gasteiger partial charge in [-0.15, -0.1) is 0 Å². The average Bonchev–Trinajstić information content (AvgIpc) is 3.30. The smallest absolute Gasteiger partial charge is 0.243 e. The number of aliphatic hydroxyl groups is 1. The third-order valence-electron chi connectivity index (χ3n) is 6.84. The van der Waals surface area contributed by atoms with Crippen molar-refractivity contribution in [3.05, 3.63) is 77.9 Å². The van der Waals surface area contributed by atoms with Crippen molar-refractivity contribution < 1.29 is 18.3 Å². The van der Waals surface area contributed by atoms with Crippen LogP contribution in [0.5, 0.6) is 5.75 Å². The maximum atomic E-state index is 13.7.